The summed E-state index contributed by atoms with van der Waals surface area (Å²) in [6.07, 6.45) is 2.25. The summed E-state index contributed by atoms with van der Waals surface area (Å²) in [6, 6.07) is 22.2. The molecular formula is C24H27N3. The summed E-state index contributed by atoms with van der Waals surface area (Å²) in [5, 5.41) is 3.53. The molecule has 0 radical (unpaired) electrons. The molecule has 3 aromatic rings. The topological polar surface area (TPSA) is 64.1 Å². The van der Waals surface area contributed by atoms with Gasteiger partial charge in [-0.3, -0.25) is 0 Å². The molecule has 0 fully saturated rings. The van der Waals surface area contributed by atoms with E-state index in [2.05, 4.69) is 43.1 Å². The second-order valence-electron chi connectivity index (χ2n) is 6.73. The highest BCUT2D eigenvalue weighted by molar-refractivity contribution is 5.93. The number of nitrogen functional groups attached to an aromatic ring is 2. The van der Waals surface area contributed by atoms with Crippen molar-refractivity contribution in [2.24, 2.45) is 0 Å². The van der Waals surface area contributed by atoms with Crippen LogP contribution in [-0.4, -0.2) is 6.54 Å². The largest absolute Gasteiger partial charge is 0.399 e. The number of rotatable bonds is 7. The second-order valence-corrected chi connectivity index (χ2v) is 6.73. The predicted molar refractivity (Wildman–Crippen MR) is 119 cm³/mol. The summed E-state index contributed by atoms with van der Waals surface area (Å²) in [5.41, 5.74) is 19.9. The van der Waals surface area contributed by atoms with E-state index in [9.17, 15) is 0 Å². The maximum Gasteiger partial charge on any atom is 0.0440 e. The lowest BCUT2D eigenvalue weighted by atomic mass is 9.90. The van der Waals surface area contributed by atoms with Gasteiger partial charge >= 0.3 is 0 Å². The molecule has 3 nitrogen and oxygen atoms in total. The van der Waals surface area contributed by atoms with E-state index in [1.807, 2.05) is 42.5 Å². The highest BCUT2D eigenvalue weighted by Gasteiger charge is 2.14. The van der Waals surface area contributed by atoms with Crippen LogP contribution in [0.4, 0.5) is 17.1 Å². The van der Waals surface area contributed by atoms with Crippen molar-refractivity contribution in [2.45, 2.75) is 19.8 Å². The standard InChI is InChI=1S/C24H27N3/c1-3-4-14-27-24-16-20(26)11-13-22(24)21-12-10-19(25)15-23(21)17(2)18-8-6-5-7-9-18/h5-13,15-16,27H,2-4,14,25-26H2,1H3. The van der Waals surface area contributed by atoms with Crippen LogP contribution in [0.25, 0.3) is 16.7 Å². The summed E-state index contributed by atoms with van der Waals surface area (Å²) in [5.74, 6) is 0. The molecule has 0 aliphatic rings. The molecule has 3 aromatic carbocycles. The van der Waals surface area contributed by atoms with Crippen LogP contribution in [0.3, 0.4) is 0 Å². The second kappa shape index (κ2) is 8.45. The number of benzene rings is 3. The average molecular weight is 358 g/mol. The molecule has 0 atom stereocenters. The lowest BCUT2D eigenvalue weighted by molar-refractivity contribution is 0.834. The Hall–Kier alpha value is -3.20. The van der Waals surface area contributed by atoms with Gasteiger partial charge in [0.05, 0.1) is 0 Å². The molecule has 0 spiro atoms. The Balaban J connectivity index is 2.09. The summed E-state index contributed by atoms with van der Waals surface area (Å²) in [6.45, 7) is 7.44. The van der Waals surface area contributed by atoms with Gasteiger partial charge in [-0.1, -0.05) is 62.4 Å². The molecule has 0 aliphatic heterocycles. The third-order valence-electron chi connectivity index (χ3n) is 4.67. The number of anilines is 3. The first-order chi connectivity index (χ1) is 13.1. The van der Waals surface area contributed by atoms with Crippen molar-refractivity contribution in [1.29, 1.82) is 0 Å². The Labute approximate surface area is 161 Å². The van der Waals surface area contributed by atoms with Crippen molar-refractivity contribution in [3.8, 4) is 11.1 Å². The maximum atomic E-state index is 6.11. The van der Waals surface area contributed by atoms with E-state index < -0.39 is 0 Å². The van der Waals surface area contributed by atoms with Crippen LogP contribution in [0, 0.1) is 0 Å². The fourth-order valence-corrected chi connectivity index (χ4v) is 3.18. The molecule has 138 valence electrons. The fraction of sp³-hybridized carbons (Fsp3) is 0.167. The van der Waals surface area contributed by atoms with E-state index in [0.717, 1.165) is 64.3 Å². The third-order valence-corrected chi connectivity index (χ3v) is 4.67. The molecule has 27 heavy (non-hydrogen) atoms. The summed E-state index contributed by atoms with van der Waals surface area (Å²) >= 11 is 0. The molecule has 3 heteroatoms. The van der Waals surface area contributed by atoms with Crippen molar-refractivity contribution in [3.05, 3.63) is 84.4 Å². The van der Waals surface area contributed by atoms with E-state index in [1.165, 1.54) is 0 Å². The van der Waals surface area contributed by atoms with Crippen LogP contribution in [0.1, 0.15) is 30.9 Å². The SMILES string of the molecule is C=C(c1ccccc1)c1cc(N)ccc1-c1ccc(N)cc1NCCCC. The smallest absolute Gasteiger partial charge is 0.0440 e. The average Bonchev–Trinajstić information content (AvgIpc) is 2.69. The highest BCUT2D eigenvalue weighted by Crippen LogP contribution is 2.37. The molecule has 0 heterocycles. The molecule has 3 rings (SSSR count). The molecule has 0 bridgehead atoms. The molecule has 0 aliphatic carbocycles. The van der Waals surface area contributed by atoms with Crippen LogP contribution in [-0.2, 0) is 0 Å². The van der Waals surface area contributed by atoms with E-state index in [-0.39, 0.29) is 0 Å². The lowest BCUT2D eigenvalue weighted by Gasteiger charge is -2.18. The van der Waals surface area contributed by atoms with Crippen molar-refractivity contribution in [1.82, 2.24) is 0 Å². The Morgan fingerprint density at radius 2 is 1.56 bits per heavy atom. The van der Waals surface area contributed by atoms with Gasteiger partial charge in [0.25, 0.3) is 0 Å². The first kappa shape index (κ1) is 18.6. The normalized spacial score (nSPS) is 10.6. The molecular weight excluding hydrogens is 330 g/mol. The lowest BCUT2D eigenvalue weighted by Crippen LogP contribution is -2.04. The minimum absolute atomic E-state index is 0.724. The maximum absolute atomic E-state index is 6.11. The van der Waals surface area contributed by atoms with Gasteiger partial charge in [0.15, 0.2) is 0 Å². The van der Waals surface area contributed by atoms with Crippen molar-refractivity contribution >= 4 is 22.6 Å². The van der Waals surface area contributed by atoms with Gasteiger partial charge in [-0.15, -0.1) is 0 Å². The van der Waals surface area contributed by atoms with Gasteiger partial charge in [-0.05, 0) is 52.9 Å². The summed E-state index contributed by atoms with van der Waals surface area (Å²) in [4.78, 5) is 0. The first-order valence-corrected chi connectivity index (χ1v) is 9.38. The van der Waals surface area contributed by atoms with Gasteiger partial charge in [0.1, 0.15) is 0 Å². The zero-order valence-electron chi connectivity index (χ0n) is 15.8. The predicted octanol–water partition coefficient (Wildman–Crippen LogP) is 5.79. The Kier molecular flexibility index (Phi) is 5.82. The minimum atomic E-state index is 0.724. The molecule has 0 unspecified atom stereocenters. The van der Waals surface area contributed by atoms with Crippen molar-refractivity contribution in [3.63, 3.8) is 0 Å². The number of unbranched alkanes of at least 4 members (excludes halogenated alkanes) is 1. The zero-order chi connectivity index (χ0) is 19.2. The van der Waals surface area contributed by atoms with Crippen molar-refractivity contribution < 1.29 is 0 Å². The number of hydrogen-bond donors (Lipinski definition) is 3. The van der Waals surface area contributed by atoms with E-state index >= 15 is 0 Å². The molecule has 0 saturated heterocycles. The van der Waals surface area contributed by atoms with Gasteiger partial charge in [-0.2, -0.15) is 0 Å². The minimum Gasteiger partial charge on any atom is -0.399 e. The Bertz CT molecular complexity index is 930. The monoisotopic (exact) mass is 357 g/mol. The van der Waals surface area contributed by atoms with Crippen molar-refractivity contribution in [2.75, 3.05) is 23.3 Å². The van der Waals surface area contributed by atoms with Crippen LogP contribution in [0.5, 0.6) is 0 Å². The Morgan fingerprint density at radius 1 is 0.889 bits per heavy atom. The van der Waals surface area contributed by atoms with Gasteiger partial charge in [-0.25, -0.2) is 0 Å². The van der Waals surface area contributed by atoms with Gasteiger partial charge in [0.2, 0.25) is 0 Å². The fourth-order valence-electron chi connectivity index (χ4n) is 3.18. The van der Waals surface area contributed by atoms with E-state index in [4.69, 9.17) is 11.5 Å². The summed E-state index contributed by atoms with van der Waals surface area (Å²) < 4.78 is 0. The molecule has 0 amide bonds. The quantitative estimate of drug-likeness (QED) is 0.370. The zero-order valence-corrected chi connectivity index (χ0v) is 15.8. The van der Waals surface area contributed by atoms with Crippen LogP contribution < -0.4 is 16.8 Å². The van der Waals surface area contributed by atoms with Crippen LogP contribution in [0.15, 0.2) is 73.3 Å². The summed E-state index contributed by atoms with van der Waals surface area (Å²) in [7, 11) is 0. The Morgan fingerprint density at radius 3 is 2.26 bits per heavy atom. The molecule has 0 saturated carbocycles. The third kappa shape index (κ3) is 4.32. The van der Waals surface area contributed by atoms with E-state index in [1.54, 1.807) is 0 Å². The van der Waals surface area contributed by atoms with Crippen LogP contribution in [0.2, 0.25) is 0 Å². The first-order valence-electron chi connectivity index (χ1n) is 9.38. The highest BCUT2D eigenvalue weighted by atomic mass is 14.9. The number of nitrogens with one attached hydrogen (secondary N) is 1. The van der Waals surface area contributed by atoms with E-state index in [0.29, 0.717) is 0 Å². The van der Waals surface area contributed by atoms with Crippen LogP contribution >= 0.6 is 0 Å². The van der Waals surface area contributed by atoms with Gasteiger partial charge in [0, 0.05) is 29.2 Å². The molecule has 0 aromatic heterocycles. The molecule has 5 N–H and O–H groups in total. The number of nitrogens with two attached hydrogens (primary N) is 2. The number of hydrogen-bond acceptors (Lipinski definition) is 3. The van der Waals surface area contributed by atoms with Gasteiger partial charge < -0.3 is 16.8 Å².